The zero-order valence-corrected chi connectivity index (χ0v) is 21.9. The van der Waals surface area contributed by atoms with Crippen LogP contribution in [0, 0.1) is 29.1 Å². The molecule has 2 aromatic rings. The fourth-order valence-electron chi connectivity index (χ4n) is 4.30. The predicted octanol–water partition coefficient (Wildman–Crippen LogP) is 4.81. The number of carbonyl (C=O) groups excluding carboxylic acids is 1. The highest BCUT2D eigenvalue weighted by Crippen LogP contribution is 2.23. The summed E-state index contributed by atoms with van der Waals surface area (Å²) in [5, 5.41) is 19.7. The predicted molar refractivity (Wildman–Crippen MR) is 144 cm³/mol. The van der Waals surface area contributed by atoms with E-state index < -0.39 is 5.97 Å². The topological polar surface area (TPSA) is 103 Å². The van der Waals surface area contributed by atoms with E-state index in [-0.39, 0.29) is 30.1 Å². The molecule has 3 rings (SSSR count). The molecule has 1 saturated heterocycles. The van der Waals surface area contributed by atoms with Gasteiger partial charge in [-0.2, -0.15) is 0 Å². The van der Waals surface area contributed by atoms with Crippen molar-refractivity contribution in [3.8, 4) is 17.6 Å². The summed E-state index contributed by atoms with van der Waals surface area (Å²) >= 11 is 0. The first-order valence-corrected chi connectivity index (χ1v) is 12.8. The van der Waals surface area contributed by atoms with Crippen molar-refractivity contribution in [1.82, 2.24) is 10.2 Å². The van der Waals surface area contributed by atoms with Crippen molar-refractivity contribution in [3.05, 3.63) is 65.2 Å². The summed E-state index contributed by atoms with van der Waals surface area (Å²) in [7, 11) is 0. The molecule has 1 aliphatic rings. The van der Waals surface area contributed by atoms with Crippen LogP contribution in [0.25, 0.3) is 0 Å². The Morgan fingerprint density at radius 1 is 1.08 bits per heavy atom. The zero-order valence-electron chi connectivity index (χ0n) is 21.9. The van der Waals surface area contributed by atoms with Gasteiger partial charge >= 0.3 is 5.97 Å². The van der Waals surface area contributed by atoms with E-state index in [2.05, 4.69) is 46.3 Å². The summed E-state index contributed by atoms with van der Waals surface area (Å²) in [6.07, 6.45) is 1.60. The molecule has 196 valence electrons. The smallest absolute Gasteiger partial charge is 0.304 e. The molecule has 3 N–H and O–H groups in total. The second-order valence-corrected chi connectivity index (χ2v) is 9.83. The Balaban J connectivity index is 1.44. The average Bonchev–Trinajstić information content (AvgIpc) is 2.88. The van der Waals surface area contributed by atoms with Gasteiger partial charge in [0.05, 0.1) is 12.3 Å². The first kappa shape index (κ1) is 27.9. The molecule has 0 bridgehead atoms. The maximum Gasteiger partial charge on any atom is 0.304 e. The van der Waals surface area contributed by atoms with Crippen molar-refractivity contribution in [2.45, 2.75) is 59.1 Å². The standard InChI is InChI=1S/C30H37N3O4/c1-4-5-26(18-28(34)35)24-10-12-27(13-11-24)37-20-23-8-6-22(7-9-23)19-33-16-14-25(15-17-33)30(36)32-29(31)21(2)3/h6-13,21,25-26H,14-20H2,1-3H3,(H,34,35)(H2,31,32,36)/t26-/m0/s1. The lowest BCUT2D eigenvalue weighted by Gasteiger charge is -2.31. The van der Waals surface area contributed by atoms with E-state index >= 15 is 0 Å². The highest BCUT2D eigenvalue weighted by Gasteiger charge is 2.25. The molecule has 7 heteroatoms. The number of nitrogens with one attached hydrogen (secondary N) is 2. The Bertz CT molecular complexity index is 1120. The Labute approximate surface area is 219 Å². The highest BCUT2D eigenvalue weighted by molar-refractivity contribution is 5.98. The number of rotatable bonds is 10. The van der Waals surface area contributed by atoms with Crippen LogP contribution in [0.1, 0.15) is 62.6 Å². The Morgan fingerprint density at radius 3 is 2.27 bits per heavy atom. The molecule has 1 aliphatic heterocycles. The van der Waals surface area contributed by atoms with Crippen molar-refractivity contribution < 1.29 is 19.4 Å². The van der Waals surface area contributed by atoms with E-state index in [0.717, 1.165) is 49.4 Å². The summed E-state index contributed by atoms with van der Waals surface area (Å²) < 4.78 is 5.92. The maximum absolute atomic E-state index is 12.4. The van der Waals surface area contributed by atoms with Crippen LogP contribution < -0.4 is 10.1 Å². The first-order chi connectivity index (χ1) is 17.7. The average molecular weight is 504 g/mol. The maximum atomic E-state index is 12.4. The van der Waals surface area contributed by atoms with E-state index in [0.29, 0.717) is 12.4 Å². The number of nitrogens with zero attached hydrogens (tertiary/aromatic N) is 1. The lowest BCUT2D eigenvalue weighted by atomic mass is 9.95. The van der Waals surface area contributed by atoms with Gasteiger partial charge < -0.3 is 15.2 Å². The number of hydrogen-bond acceptors (Lipinski definition) is 5. The number of benzene rings is 2. The van der Waals surface area contributed by atoms with E-state index in [1.54, 1.807) is 6.92 Å². The molecule has 0 saturated carbocycles. The van der Waals surface area contributed by atoms with E-state index in [1.807, 2.05) is 38.1 Å². The summed E-state index contributed by atoms with van der Waals surface area (Å²) in [5.41, 5.74) is 3.16. The van der Waals surface area contributed by atoms with Gasteiger partial charge in [-0.3, -0.25) is 19.9 Å². The molecular weight excluding hydrogens is 466 g/mol. The van der Waals surface area contributed by atoms with E-state index in [4.69, 9.17) is 15.3 Å². The molecule has 1 heterocycles. The van der Waals surface area contributed by atoms with Crippen molar-refractivity contribution in [2.75, 3.05) is 13.1 Å². The van der Waals surface area contributed by atoms with Gasteiger partial charge in [0.2, 0.25) is 5.91 Å². The van der Waals surface area contributed by atoms with Crippen LogP contribution >= 0.6 is 0 Å². The zero-order chi connectivity index (χ0) is 26.8. The number of amidine groups is 1. The minimum Gasteiger partial charge on any atom is -0.489 e. The number of likely N-dealkylation sites (tertiary alicyclic amines) is 1. The fourth-order valence-corrected chi connectivity index (χ4v) is 4.30. The molecule has 7 nitrogen and oxygen atoms in total. The minimum absolute atomic E-state index is 0.0212. The number of hydrogen-bond donors (Lipinski definition) is 3. The monoisotopic (exact) mass is 503 g/mol. The van der Waals surface area contributed by atoms with Crippen LogP contribution in [0.3, 0.4) is 0 Å². The highest BCUT2D eigenvalue weighted by atomic mass is 16.5. The normalized spacial score (nSPS) is 14.9. The van der Waals surface area contributed by atoms with Crippen LogP contribution in [0.2, 0.25) is 0 Å². The third-order valence-corrected chi connectivity index (χ3v) is 6.61. The van der Waals surface area contributed by atoms with Crippen LogP contribution in [0.5, 0.6) is 5.75 Å². The minimum atomic E-state index is -0.868. The van der Waals surface area contributed by atoms with Crippen molar-refractivity contribution in [1.29, 1.82) is 5.41 Å². The van der Waals surface area contributed by atoms with Gasteiger partial charge in [0, 0.05) is 18.4 Å². The first-order valence-electron chi connectivity index (χ1n) is 12.8. The van der Waals surface area contributed by atoms with Gasteiger partial charge in [-0.05, 0) is 61.7 Å². The third kappa shape index (κ3) is 8.76. The number of ether oxygens (including phenoxy) is 1. The second kappa shape index (κ2) is 13.6. The van der Waals surface area contributed by atoms with Crippen LogP contribution in [-0.4, -0.2) is 40.8 Å². The molecule has 1 atom stereocenters. The molecule has 0 aromatic heterocycles. The van der Waals surface area contributed by atoms with Gasteiger partial charge in [0.15, 0.2) is 0 Å². The van der Waals surface area contributed by atoms with Crippen LogP contribution in [0.15, 0.2) is 48.5 Å². The van der Waals surface area contributed by atoms with Crippen LogP contribution in [0.4, 0.5) is 0 Å². The van der Waals surface area contributed by atoms with Crippen molar-refractivity contribution >= 4 is 17.7 Å². The SMILES string of the molecule is CC#C[C@@H](CC(=O)O)c1ccc(OCc2ccc(CN3CCC(C(=O)NC(=N)C(C)C)CC3)cc2)cc1. The molecule has 0 radical (unpaired) electrons. The Kier molecular flexibility index (Phi) is 10.3. The van der Waals surface area contributed by atoms with Gasteiger partial charge in [-0.25, -0.2) is 0 Å². The van der Waals surface area contributed by atoms with Gasteiger partial charge in [0.25, 0.3) is 0 Å². The second-order valence-electron chi connectivity index (χ2n) is 9.83. The molecule has 0 aliphatic carbocycles. The quantitative estimate of drug-likeness (QED) is 0.245. The van der Waals surface area contributed by atoms with Gasteiger partial charge in [-0.1, -0.05) is 56.2 Å². The van der Waals surface area contributed by atoms with Gasteiger partial charge in [0.1, 0.15) is 18.2 Å². The summed E-state index contributed by atoms with van der Waals surface area (Å²) in [6, 6.07) is 15.8. The third-order valence-electron chi connectivity index (χ3n) is 6.61. The van der Waals surface area contributed by atoms with Crippen molar-refractivity contribution in [2.24, 2.45) is 11.8 Å². The van der Waals surface area contributed by atoms with E-state index in [1.165, 1.54) is 5.56 Å². The molecular formula is C30H37N3O4. The molecule has 37 heavy (non-hydrogen) atoms. The van der Waals surface area contributed by atoms with Crippen molar-refractivity contribution in [3.63, 3.8) is 0 Å². The summed E-state index contributed by atoms with van der Waals surface area (Å²) in [6.45, 7) is 8.55. The summed E-state index contributed by atoms with van der Waals surface area (Å²) in [5.74, 6) is 5.57. The number of carboxylic acid groups (broad SMARTS) is 1. The van der Waals surface area contributed by atoms with Crippen LogP contribution in [-0.2, 0) is 22.7 Å². The number of piperidine rings is 1. The van der Waals surface area contributed by atoms with E-state index in [9.17, 15) is 9.59 Å². The summed E-state index contributed by atoms with van der Waals surface area (Å²) in [4.78, 5) is 25.8. The fraction of sp³-hybridized carbons (Fsp3) is 0.433. The number of carbonyl (C=O) groups is 2. The Hall–Kier alpha value is -3.63. The molecule has 0 unspecified atom stereocenters. The molecule has 1 fully saturated rings. The molecule has 0 spiro atoms. The largest absolute Gasteiger partial charge is 0.489 e. The number of amides is 1. The molecule has 2 aromatic carbocycles. The van der Waals surface area contributed by atoms with Gasteiger partial charge in [-0.15, -0.1) is 5.92 Å². The number of carboxylic acids is 1. The molecule has 1 amide bonds. The Morgan fingerprint density at radius 2 is 1.70 bits per heavy atom. The lowest BCUT2D eigenvalue weighted by Crippen LogP contribution is -2.43. The number of aliphatic carboxylic acids is 1. The lowest BCUT2D eigenvalue weighted by molar-refractivity contribution is -0.137.